The minimum atomic E-state index is -1.23. The summed E-state index contributed by atoms with van der Waals surface area (Å²) in [5.74, 6) is -0.441. The zero-order valence-electron chi connectivity index (χ0n) is 12.7. The number of thioether (sulfide) groups is 1. The molecule has 3 rings (SSSR count). The van der Waals surface area contributed by atoms with Crippen LogP contribution in [0, 0.1) is 0 Å². The molecule has 1 aliphatic rings. The number of furan rings is 1. The topological polar surface area (TPSA) is 73.6 Å². The molecule has 25 heavy (non-hydrogen) atoms. The Morgan fingerprint density at radius 3 is 2.88 bits per heavy atom. The van der Waals surface area contributed by atoms with Gasteiger partial charge in [0.15, 0.2) is 0 Å². The summed E-state index contributed by atoms with van der Waals surface area (Å²) in [4.78, 5) is 24.5. The van der Waals surface area contributed by atoms with Crippen molar-refractivity contribution in [1.82, 2.24) is 4.90 Å². The van der Waals surface area contributed by atoms with E-state index in [0.717, 1.165) is 17.3 Å². The zero-order valence-corrected chi connectivity index (χ0v) is 15.1. The summed E-state index contributed by atoms with van der Waals surface area (Å²) in [6.07, 6.45) is 1.33. The van der Waals surface area contributed by atoms with Gasteiger partial charge in [-0.05, 0) is 24.3 Å². The number of rotatable bonds is 5. The van der Waals surface area contributed by atoms with Crippen LogP contribution >= 0.6 is 35.6 Å². The molecule has 1 fully saturated rings. The zero-order chi connectivity index (χ0) is 18.0. The lowest BCUT2D eigenvalue weighted by Crippen LogP contribution is -2.33. The summed E-state index contributed by atoms with van der Waals surface area (Å²) in [7, 11) is 0. The van der Waals surface area contributed by atoms with Crippen LogP contribution in [0.3, 0.4) is 0 Å². The van der Waals surface area contributed by atoms with Crippen LogP contribution in [0.5, 0.6) is 0 Å². The second-order valence-corrected chi connectivity index (χ2v) is 7.28. The fourth-order valence-electron chi connectivity index (χ4n) is 2.25. The summed E-state index contributed by atoms with van der Waals surface area (Å²) in [5.41, 5.74) is 0.827. The van der Waals surface area contributed by atoms with E-state index in [1.807, 2.05) is 12.1 Å². The standard InChI is InChI=1S/C17H12ClNO4S2/c18-11-3-1-2-10(8-11)13-5-4-12(23-13)9-14-16(22)19(17(24)25-14)7-6-15(20)21/h1-5,8-9H,6-7H2,(H,20,21)/p-1/b14-9+. The van der Waals surface area contributed by atoms with Crippen LogP contribution in [0.2, 0.25) is 5.02 Å². The van der Waals surface area contributed by atoms with Gasteiger partial charge in [-0.1, -0.05) is 47.7 Å². The highest BCUT2D eigenvalue weighted by atomic mass is 35.5. The van der Waals surface area contributed by atoms with Crippen molar-refractivity contribution in [2.24, 2.45) is 0 Å². The van der Waals surface area contributed by atoms with Crippen LogP contribution in [0.25, 0.3) is 17.4 Å². The molecule has 8 heteroatoms. The third kappa shape index (κ3) is 4.12. The molecule has 0 bridgehead atoms. The minimum Gasteiger partial charge on any atom is -0.550 e. The van der Waals surface area contributed by atoms with Crippen molar-refractivity contribution in [3.8, 4) is 11.3 Å². The van der Waals surface area contributed by atoms with Crippen molar-refractivity contribution in [3.05, 3.63) is 52.1 Å². The fourth-order valence-corrected chi connectivity index (χ4v) is 3.73. The molecule has 0 radical (unpaired) electrons. The molecule has 5 nitrogen and oxygen atoms in total. The highest BCUT2D eigenvalue weighted by molar-refractivity contribution is 8.26. The predicted molar refractivity (Wildman–Crippen MR) is 98.7 cm³/mol. The molecule has 128 valence electrons. The number of thiocarbonyl (C=S) groups is 1. The number of nitrogens with zero attached hydrogens (tertiary/aromatic N) is 1. The number of carbonyl (C=O) groups excluding carboxylic acids is 2. The molecule has 0 N–H and O–H groups in total. The molecule has 1 saturated heterocycles. The van der Waals surface area contributed by atoms with Crippen molar-refractivity contribution < 1.29 is 19.1 Å². The van der Waals surface area contributed by atoms with Gasteiger partial charge in [0.05, 0.1) is 4.91 Å². The van der Waals surface area contributed by atoms with Gasteiger partial charge in [0.1, 0.15) is 15.8 Å². The van der Waals surface area contributed by atoms with Gasteiger partial charge in [0.25, 0.3) is 5.91 Å². The molecule has 0 unspecified atom stereocenters. The lowest BCUT2D eigenvalue weighted by atomic mass is 10.2. The SMILES string of the molecule is O=C([O-])CCN1C(=O)/C(=C\c2ccc(-c3cccc(Cl)c3)o2)SC1=S. The lowest BCUT2D eigenvalue weighted by molar-refractivity contribution is -0.305. The molecule has 0 atom stereocenters. The second-order valence-electron chi connectivity index (χ2n) is 5.17. The highest BCUT2D eigenvalue weighted by Crippen LogP contribution is 2.33. The Hall–Kier alpha value is -2.09. The van der Waals surface area contributed by atoms with Crippen molar-refractivity contribution in [2.45, 2.75) is 6.42 Å². The first kappa shape index (κ1) is 17.7. The van der Waals surface area contributed by atoms with E-state index >= 15 is 0 Å². The van der Waals surface area contributed by atoms with Crippen LogP contribution in [-0.4, -0.2) is 27.6 Å². The first-order valence-corrected chi connectivity index (χ1v) is 8.85. The number of hydrogen-bond acceptors (Lipinski definition) is 6. The van der Waals surface area contributed by atoms with Crippen molar-refractivity contribution in [2.75, 3.05) is 6.54 Å². The molecule has 0 spiro atoms. The van der Waals surface area contributed by atoms with Gasteiger partial charge in [0, 0.05) is 35.6 Å². The maximum atomic E-state index is 12.3. The van der Waals surface area contributed by atoms with E-state index in [1.54, 1.807) is 30.3 Å². The maximum Gasteiger partial charge on any atom is 0.266 e. The first-order chi connectivity index (χ1) is 11.9. The van der Waals surface area contributed by atoms with E-state index in [0.29, 0.717) is 25.8 Å². The van der Waals surface area contributed by atoms with Crippen LogP contribution in [0.4, 0.5) is 0 Å². The number of benzene rings is 1. The van der Waals surface area contributed by atoms with Crippen molar-refractivity contribution in [1.29, 1.82) is 0 Å². The van der Waals surface area contributed by atoms with Gasteiger partial charge in [0.2, 0.25) is 0 Å². The number of halogens is 1. The molecule has 1 aromatic heterocycles. The maximum absolute atomic E-state index is 12.3. The number of carboxylic acid groups (broad SMARTS) is 1. The van der Waals surface area contributed by atoms with Gasteiger partial charge in [-0.15, -0.1) is 0 Å². The minimum absolute atomic E-state index is 0.00371. The van der Waals surface area contributed by atoms with Crippen molar-refractivity contribution >= 4 is 57.9 Å². The summed E-state index contributed by atoms with van der Waals surface area (Å²) in [6, 6.07) is 10.8. The van der Waals surface area contributed by atoms with E-state index in [4.69, 9.17) is 28.2 Å². The average Bonchev–Trinajstić information content (AvgIpc) is 3.12. The Bertz CT molecular complexity index is 890. The van der Waals surface area contributed by atoms with E-state index in [-0.39, 0.29) is 18.9 Å². The molecular weight excluding hydrogens is 382 g/mol. The van der Waals surface area contributed by atoms with Crippen LogP contribution < -0.4 is 5.11 Å². The number of carbonyl (C=O) groups is 2. The van der Waals surface area contributed by atoms with Crippen molar-refractivity contribution in [3.63, 3.8) is 0 Å². The monoisotopic (exact) mass is 392 g/mol. The summed E-state index contributed by atoms with van der Waals surface area (Å²) >= 11 is 12.2. The summed E-state index contributed by atoms with van der Waals surface area (Å²) in [5, 5.41) is 11.2. The van der Waals surface area contributed by atoms with Gasteiger partial charge in [-0.3, -0.25) is 9.69 Å². The largest absolute Gasteiger partial charge is 0.550 e. The third-order valence-corrected chi connectivity index (χ3v) is 5.04. The van der Waals surface area contributed by atoms with Gasteiger partial charge >= 0.3 is 0 Å². The van der Waals surface area contributed by atoms with Crippen LogP contribution in [0.1, 0.15) is 12.2 Å². The van der Waals surface area contributed by atoms with E-state index in [9.17, 15) is 14.7 Å². The normalized spacial score (nSPS) is 16.0. The Balaban J connectivity index is 1.79. The predicted octanol–water partition coefficient (Wildman–Crippen LogP) is 2.94. The molecular formula is C17H11ClNO4S2-. The average molecular weight is 393 g/mol. The molecule has 0 aliphatic carbocycles. The third-order valence-electron chi connectivity index (χ3n) is 3.42. The quantitative estimate of drug-likeness (QED) is 0.575. The number of amides is 1. The smallest absolute Gasteiger partial charge is 0.266 e. The Morgan fingerprint density at radius 2 is 2.16 bits per heavy atom. The number of aliphatic carboxylic acids is 1. The molecule has 0 saturated carbocycles. The Labute approximate surface area is 158 Å². The van der Waals surface area contributed by atoms with Gasteiger partial charge in [-0.2, -0.15) is 0 Å². The molecule has 1 aromatic carbocycles. The van der Waals surface area contributed by atoms with Crippen LogP contribution in [-0.2, 0) is 9.59 Å². The summed E-state index contributed by atoms with van der Waals surface area (Å²) < 4.78 is 6.06. The van der Waals surface area contributed by atoms with Crippen LogP contribution in [0.15, 0.2) is 45.7 Å². The van der Waals surface area contributed by atoms with E-state index in [2.05, 4.69) is 0 Å². The lowest BCUT2D eigenvalue weighted by Gasteiger charge is -2.14. The molecule has 1 aliphatic heterocycles. The van der Waals surface area contributed by atoms with E-state index in [1.165, 1.54) is 4.90 Å². The number of hydrogen-bond donors (Lipinski definition) is 0. The molecule has 1 amide bonds. The Morgan fingerprint density at radius 1 is 1.36 bits per heavy atom. The molecule has 2 heterocycles. The summed E-state index contributed by atoms with van der Waals surface area (Å²) in [6.45, 7) is -0.00371. The second kappa shape index (κ2) is 7.43. The van der Waals surface area contributed by atoms with E-state index < -0.39 is 5.97 Å². The fraction of sp³-hybridized carbons (Fsp3) is 0.118. The molecule has 2 aromatic rings. The number of carboxylic acids is 1. The first-order valence-electron chi connectivity index (χ1n) is 7.25. The highest BCUT2D eigenvalue weighted by Gasteiger charge is 2.31. The Kier molecular flexibility index (Phi) is 5.27. The van der Waals surface area contributed by atoms with Gasteiger partial charge < -0.3 is 14.3 Å². The van der Waals surface area contributed by atoms with Gasteiger partial charge in [-0.25, -0.2) is 0 Å².